The average Bonchev–Trinajstić information content (AvgIpc) is 2.93. The number of anilines is 1. The van der Waals surface area contributed by atoms with Crippen molar-refractivity contribution in [1.29, 1.82) is 5.41 Å². The van der Waals surface area contributed by atoms with Crippen molar-refractivity contribution in [3.63, 3.8) is 0 Å². The maximum atomic E-state index is 13.4. The van der Waals surface area contributed by atoms with Gasteiger partial charge in [0.2, 0.25) is 0 Å². The molecule has 14 heteroatoms. The van der Waals surface area contributed by atoms with E-state index in [1.807, 2.05) is 0 Å². The Labute approximate surface area is 249 Å². The molecule has 1 heterocycles. The van der Waals surface area contributed by atoms with E-state index >= 15 is 0 Å². The lowest BCUT2D eigenvalue weighted by Crippen LogP contribution is -2.47. The van der Waals surface area contributed by atoms with Gasteiger partial charge in [0.15, 0.2) is 0 Å². The van der Waals surface area contributed by atoms with Crippen LogP contribution < -0.4 is 21.1 Å². The number of carbonyl (C=O) groups excluding carboxylic acids is 2. The number of carboxylic acid groups (broad SMARTS) is 1. The van der Waals surface area contributed by atoms with Gasteiger partial charge in [-0.2, -0.15) is 8.42 Å². The summed E-state index contributed by atoms with van der Waals surface area (Å²) in [5, 5.41) is 22.9. The Kier molecular flexibility index (Phi) is 9.89. The van der Waals surface area contributed by atoms with Crippen molar-refractivity contribution in [3.05, 3.63) is 77.1 Å². The van der Waals surface area contributed by atoms with E-state index in [9.17, 15) is 27.9 Å². The molecule has 0 aliphatic rings. The highest BCUT2D eigenvalue weighted by molar-refractivity contribution is 7.85. The fraction of sp³-hybridized carbons (Fsp3) is 0.276. The summed E-state index contributed by atoms with van der Waals surface area (Å²) in [7, 11) is -2.34. The molecular formula is C29H33N5O8S. The van der Waals surface area contributed by atoms with Crippen LogP contribution in [0.1, 0.15) is 57.5 Å². The Bertz CT molecular complexity index is 1670. The summed E-state index contributed by atoms with van der Waals surface area (Å²) >= 11 is 0. The maximum Gasteiger partial charge on any atom is 0.336 e. The van der Waals surface area contributed by atoms with Crippen LogP contribution in [0.4, 0.5) is 5.69 Å². The molecule has 0 unspecified atom stereocenters. The predicted octanol–water partition coefficient (Wildman–Crippen LogP) is 3.11. The molecule has 2 amide bonds. The molecule has 0 saturated heterocycles. The quantitative estimate of drug-likeness (QED) is 0.121. The van der Waals surface area contributed by atoms with Gasteiger partial charge in [-0.3, -0.25) is 24.2 Å². The van der Waals surface area contributed by atoms with Crippen LogP contribution in [0.25, 0.3) is 11.1 Å². The van der Waals surface area contributed by atoms with E-state index in [-0.39, 0.29) is 46.0 Å². The number of methoxy groups -OCH3 is 1. The first-order valence-electron chi connectivity index (χ1n) is 12.8. The van der Waals surface area contributed by atoms with Crippen LogP contribution >= 0.6 is 0 Å². The minimum atomic E-state index is -3.76. The van der Waals surface area contributed by atoms with E-state index in [4.69, 9.17) is 20.1 Å². The fourth-order valence-electron chi connectivity index (χ4n) is 3.94. The number of carboxylic acids is 1. The van der Waals surface area contributed by atoms with Gasteiger partial charge in [0, 0.05) is 5.56 Å². The molecule has 0 saturated carbocycles. The van der Waals surface area contributed by atoms with Gasteiger partial charge in [-0.15, -0.1) is 0 Å². The number of ether oxygens (including phenoxy) is 1. The molecule has 43 heavy (non-hydrogen) atoms. The number of nitrogens with zero attached hydrogens (tertiary/aromatic N) is 1. The first-order valence-corrected chi connectivity index (χ1v) is 14.6. The van der Waals surface area contributed by atoms with Crippen molar-refractivity contribution < 1.29 is 36.8 Å². The van der Waals surface area contributed by atoms with Crippen LogP contribution in [0.15, 0.2) is 54.7 Å². The SMILES string of the molecule is COc1ccc(-c2ccc(C(=O)N[C@H](COS(C)(=O)=O)C(C)(C)C)cc2C(=O)O)c(C(=O)Nc2ccc(C(=N)N)nc2)c1. The van der Waals surface area contributed by atoms with Gasteiger partial charge in [0.05, 0.1) is 49.0 Å². The molecule has 0 aliphatic carbocycles. The molecule has 228 valence electrons. The van der Waals surface area contributed by atoms with Crippen LogP contribution in [-0.4, -0.2) is 68.1 Å². The van der Waals surface area contributed by atoms with E-state index in [0.717, 1.165) is 6.26 Å². The zero-order chi connectivity index (χ0) is 32.1. The largest absolute Gasteiger partial charge is 0.497 e. The average molecular weight is 612 g/mol. The van der Waals surface area contributed by atoms with Gasteiger partial charge in [0.1, 0.15) is 17.3 Å². The summed E-state index contributed by atoms with van der Waals surface area (Å²) in [5.74, 6) is -2.47. The number of amides is 2. The summed E-state index contributed by atoms with van der Waals surface area (Å²) in [4.78, 5) is 42.9. The number of aromatic carboxylic acids is 1. The van der Waals surface area contributed by atoms with Crippen molar-refractivity contribution in [1.82, 2.24) is 10.3 Å². The second-order valence-corrected chi connectivity index (χ2v) is 12.3. The van der Waals surface area contributed by atoms with Gasteiger partial charge in [0.25, 0.3) is 21.9 Å². The molecule has 0 fully saturated rings. The van der Waals surface area contributed by atoms with Crippen molar-refractivity contribution in [2.24, 2.45) is 11.1 Å². The van der Waals surface area contributed by atoms with Crippen molar-refractivity contribution in [3.8, 4) is 16.9 Å². The molecule has 0 radical (unpaired) electrons. The van der Waals surface area contributed by atoms with Crippen molar-refractivity contribution >= 4 is 39.4 Å². The first kappa shape index (κ1) is 32.7. The number of pyridine rings is 1. The molecule has 0 bridgehead atoms. The Balaban J connectivity index is 1.99. The number of hydrogen-bond donors (Lipinski definition) is 5. The number of aromatic nitrogens is 1. The number of nitrogens with two attached hydrogens (primary N) is 1. The summed E-state index contributed by atoms with van der Waals surface area (Å²) in [6.07, 6.45) is 2.23. The Morgan fingerprint density at radius 2 is 1.67 bits per heavy atom. The monoisotopic (exact) mass is 611 g/mol. The molecule has 0 aliphatic heterocycles. The van der Waals surface area contributed by atoms with Gasteiger partial charge in [-0.05, 0) is 59.0 Å². The Hall–Kier alpha value is -4.82. The van der Waals surface area contributed by atoms with Gasteiger partial charge < -0.3 is 26.2 Å². The summed E-state index contributed by atoms with van der Waals surface area (Å²) < 4.78 is 33.2. The molecule has 13 nitrogen and oxygen atoms in total. The highest BCUT2D eigenvalue weighted by Crippen LogP contribution is 2.32. The Morgan fingerprint density at radius 1 is 1.02 bits per heavy atom. The van der Waals surface area contributed by atoms with Crippen LogP contribution in [0.5, 0.6) is 5.75 Å². The van der Waals surface area contributed by atoms with Crippen LogP contribution in [0, 0.1) is 10.8 Å². The number of nitrogen functional groups attached to an aromatic ring is 1. The lowest BCUT2D eigenvalue weighted by Gasteiger charge is -2.31. The third-order valence-electron chi connectivity index (χ3n) is 6.37. The number of benzene rings is 2. The molecule has 2 aromatic carbocycles. The summed E-state index contributed by atoms with van der Waals surface area (Å²) in [6, 6.07) is 10.8. The van der Waals surface area contributed by atoms with Gasteiger partial charge >= 0.3 is 5.97 Å². The maximum absolute atomic E-state index is 13.4. The van der Waals surface area contributed by atoms with E-state index in [1.165, 1.54) is 55.8 Å². The highest BCUT2D eigenvalue weighted by atomic mass is 32.2. The molecule has 3 aromatic rings. The molecule has 0 spiro atoms. The standard InChI is InChI=1S/C29H33N5O8S/c1-29(2,3)24(15-42-43(5,39)40)34-26(35)16-6-9-20(22(12-16)28(37)38)19-10-8-18(41-4)13-21(19)27(36)33-17-7-11-23(25(30)31)32-14-17/h6-14,24H,15H2,1-5H3,(H3,30,31)(H,33,36)(H,34,35)(H,37,38)/t24-/m1/s1. The zero-order valence-electron chi connectivity index (χ0n) is 24.2. The first-order chi connectivity index (χ1) is 20.0. The van der Waals surface area contributed by atoms with Gasteiger partial charge in [-0.1, -0.05) is 26.8 Å². The number of amidine groups is 1. The predicted molar refractivity (Wildman–Crippen MR) is 160 cm³/mol. The fourth-order valence-corrected chi connectivity index (χ4v) is 4.32. The Morgan fingerprint density at radius 3 is 2.21 bits per heavy atom. The zero-order valence-corrected chi connectivity index (χ0v) is 25.0. The lowest BCUT2D eigenvalue weighted by atomic mass is 9.87. The molecular weight excluding hydrogens is 578 g/mol. The molecule has 1 atom stereocenters. The third-order valence-corrected chi connectivity index (χ3v) is 6.93. The number of carbonyl (C=O) groups is 3. The minimum absolute atomic E-state index is 0.00547. The van der Waals surface area contributed by atoms with Crippen LogP contribution in [0.3, 0.4) is 0 Å². The van der Waals surface area contributed by atoms with Crippen molar-refractivity contribution in [2.75, 3.05) is 25.3 Å². The van der Waals surface area contributed by atoms with E-state index in [0.29, 0.717) is 11.4 Å². The second-order valence-electron chi connectivity index (χ2n) is 10.7. The third kappa shape index (κ3) is 8.59. The number of rotatable bonds is 11. The van der Waals surface area contributed by atoms with E-state index in [2.05, 4.69) is 15.6 Å². The van der Waals surface area contributed by atoms with Gasteiger partial charge in [-0.25, -0.2) is 4.79 Å². The van der Waals surface area contributed by atoms with E-state index in [1.54, 1.807) is 26.8 Å². The normalized spacial score (nSPS) is 12.2. The number of hydrogen-bond acceptors (Lipinski definition) is 9. The highest BCUT2D eigenvalue weighted by Gasteiger charge is 2.29. The van der Waals surface area contributed by atoms with Crippen LogP contribution in [0.2, 0.25) is 0 Å². The summed E-state index contributed by atoms with van der Waals surface area (Å²) in [6.45, 7) is 5.06. The van der Waals surface area contributed by atoms with E-state index < -0.39 is 39.4 Å². The van der Waals surface area contributed by atoms with Crippen molar-refractivity contribution in [2.45, 2.75) is 26.8 Å². The minimum Gasteiger partial charge on any atom is -0.497 e. The molecule has 3 rings (SSSR count). The molecule has 6 N–H and O–H groups in total. The smallest absolute Gasteiger partial charge is 0.336 e. The lowest BCUT2D eigenvalue weighted by molar-refractivity contribution is 0.0697. The molecule has 1 aromatic heterocycles. The second kappa shape index (κ2) is 13.0. The topological polar surface area (TPSA) is 211 Å². The number of nitrogens with one attached hydrogen (secondary N) is 3. The van der Waals surface area contributed by atoms with Crippen LogP contribution in [-0.2, 0) is 14.3 Å². The summed E-state index contributed by atoms with van der Waals surface area (Å²) in [5.41, 5.74) is 5.63.